The Morgan fingerprint density at radius 3 is 2.42 bits per heavy atom. The second-order valence-corrected chi connectivity index (χ2v) is 7.48. The number of aryl methyl sites for hydroxylation is 1. The van der Waals surface area contributed by atoms with Crippen molar-refractivity contribution in [3.63, 3.8) is 0 Å². The number of rotatable bonds is 9. The lowest BCUT2D eigenvalue weighted by molar-refractivity contribution is -0.123. The maximum Gasteiger partial charge on any atom is 0.258 e. The lowest BCUT2D eigenvalue weighted by atomic mass is 10.1. The minimum atomic E-state index is -0.436. The molecule has 1 heterocycles. The standard InChI is InChI=1S/C26H26N4O3/c1-30-16-15-27-26(30)25(19-7-6-10-23(17-19)32-2)29-24(31)18-33-22-13-11-21(12-14-22)28-20-8-4-3-5-9-20/h3-17,25,28H,18H2,1-2H3,(H,29,31). The molecule has 1 atom stereocenters. The SMILES string of the molecule is COc1cccc(C(NC(=O)COc2ccc(Nc3ccccc3)cc2)c2nccn2C)c1. The van der Waals surface area contributed by atoms with Crippen LogP contribution in [0.1, 0.15) is 17.4 Å². The Hall–Kier alpha value is -4.26. The van der Waals surface area contributed by atoms with E-state index >= 15 is 0 Å². The zero-order valence-electron chi connectivity index (χ0n) is 18.6. The maximum absolute atomic E-state index is 12.8. The van der Waals surface area contributed by atoms with Crippen molar-refractivity contribution in [2.24, 2.45) is 7.05 Å². The van der Waals surface area contributed by atoms with Gasteiger partial charge in [-0.15, -0.1) is 0 Å². The predicted octanol–water partition coefficient (Wildman–Crippen LogP) is 4.46. The highest BCUT2D eigenvalue weighted by atomic mass is 16.5. The van der Waals surface area contributed by atoms with E-state index in [0.717, 1.165) is 16.9 Å². The van der Waals surface area contributed by atoms with Gasteiger partial charge in [-0.3, -0.25) is 4.79 Å². The first-order chi connectivity index (χ1) is 16.1. The van der Waals surface area contributed by atoms with Crippen molar-refractivity contribution in [3.05, 3.63) is 103 Å². The summed E-state index contributed by atoms with van der Waals surface area (Å²) in [7, 11) is 3.51. The molecule has 0 fully saturated rings. The Labute approximate surface area is 193 Å². The van der Waals surface area contributed by atoms with Gasteiger partial charge in [0, 0.05) is 30.8 Å². The van der Waals surface area contributed by atoms with Crippen LogP contribution in [0.2, 0.25) is 0 Å². The quantitative estimate of drug-likeness (QED) is 0.400. The number of methoxy groups -OCH3 is 1. The molecule has 4 aromatic rings. The second kappa shape index (κ2) is 10.4. The molecule has 33 heavy (non-hydrogen) atoms. The minimum absolute atomic E-state index is 0.115. The van der Waals surface area contributed by atoms with Crippen LogP contribution in [-0.4, -0.2) is 29.2 Å². The lowest BCUT2D eigenvalue weighted by Gasteiger charge is -2.20. The molecule has 0 aliphatic carbocycles. The van der Waals surface area contributed by atoms with Crippen molar-refractivity contribution in [3.8, 4) is 11.5 Å². The number of anilines is 2. The van der Waals surface area contributed by atoms with Gasteiger partial charge in [0.25, 0.3) is 5.91 Å². The molecular formula is C26H26N4O3. The molecule has 168 valence electrons. The van der Waals surface area contributed by atoms with E-state index in [1.807, 2.05) is 96.7 Å². The molecule has 2 N–H and O–H groups in total. The summed E-state index contributed by atoms with van der Waals surface area (Å²) in [5.41, 5.74) is 2.81. The van der Waals surface area contributed by atoms with E-state index < -0.39 is 6.04 Å². The molecule has 7 nitrogen and oxygen atoms in total. The highest BCUT2D eigenvalue weighted by Crippen LogP contribution is 2.24. The number of imidazole rings is 1. The maximum atomic E-state index is 12.8. The second-order valence-electron chi connectivity index (χ2n) is 7.48. The number of ether oxygens (including phenoxy) is 2. The summed E-state index contributed by atoms with van der Waals surface area (Å²) in [6, 6.07) is 24.5. The summed E-state index contributed by atoms with van der Waals surface area (Å²) in [5, 5.41) is 6.34. The van der Waals surface area contributed by atoms with Gasteiger partial charge in [0.1, 0.15) is 23.4 Å². The summed E-state index contributed by atoms with van der Waals surface area (Å²) >= 11 is 0. The molecule has 0 saturated carbocycles. The number of nitrogens with one attached hydrogen (secondary N) is 2. The first-order valence-corrected chi connectivity index (χ1v) is 10.6. The van der Waals surface area contributed by atoms with Crippen molar-refractivity contribution >= 4 is 17.3 Å². The fourth-order valence-corrected chi connectivity index (χ4v) is 3.45. The Bertz CT molecular complexity index is 1190. The monoisotopic (exact) mass is 442 g/mol. The van der Waals surface area contributed by atoms with Crippen LogP contribution < -0.4 is 20.1 Å². The van der Waals surface area contributed by atoms with Crippen LogP contribution in [0.3, 0.4) is 0 Å². The van der Waals surface area contributed by atoms with Crippen molar-refractivity contribution in [2.75, 3.05) is 19.0 Å². The third-order valence-corrected chi connectivity index (χ3v) is 5.14. The Kier molecular flexibility index (Phi) is 6.90. The average Bonchev–Trinajstić information content (AvgIpc) is 3.28. The molecular weight excluding hydrogens is 416 g/mol. The number of para-hydroxylation sites is 1. The highest BCUT2D eigenvalue weighted by molar-refractivity contribution is 5.78. The summed E-state index contributed by atoms with van der Waals surface area (Å²) < 4.78 is 12.9. The number of hydrogen-bond acceptors (Lipinski definition) is 5. The molecule has 0 aliphatic rings. The minimum Gasteiger partial charge on any atom is -0.497 e. The van der Waals surface area contributed by atoms with E-state index in [4.69, 9.17) is 9.47 Å². The summed E-state index contributed by atoms with van der Waals surface area (Å²) in [6.45, 7) is -0.115. The van der Waals surface area contributed by atoms with E-state index in [-0.39, 0.29) is 12.5 Å². The van der Waals surface area contributed by atoms with Gasteiger partial charge in [-0.05, 0) is 54.1 Å². The fraction of sp³-hybridized carbons (Fsp3) is 0.154. The summed E-state index contributed by atoms with van der Waals surface area (Å²) in [5.74, 6) is 1.78. The van der Waals surface area contributed by atoms with E-state index in [2.05, 4.69) is 15.6 Å². The molecule has 4 rings (SSSR count). The zero-order valence-corrected chi connectivity index (χ0v) is 18.6. The van der Waals surface area contributed by atoms with Gasteiger partial charge in [0.15, 0.2) is 6.61 Å². The van der Waals surface area contributed by atoms with Gasteiger partial charge in [-0.1, -0.05) is 30.3 Å². The number of carbonyl (C=O) groups excluding carboxylic acids is 1. The van der Waals surface area contributed by atoms with Crippen LogP contribution in [0.25, 0.3) is 0 Å². The average molecular weight is 443 g/mol. The number of nitrogens with zero attached hydrogens (tertiary/aromatic N) is 2. The Morgan fingerprint density at radius 2 is 1.73 bits per heavy atom. The van der Waals surface area contributed by atoms with E-state index in [1.165, 1.54) is 0 Å². The highest BCUT2D eigenvalue weighted by Gasteiger charge is 2.21. The molecule has 1 aromatic heterocycles. The summed E-state index contributed by atoms with van der Waals surface area (Å²) in [6.07, 6.45) is 3.55. The molecule has 7 heteroatoms. The summed E-state index contributed by atoms with van der Waals surface area (Å²) in [4.78, 5) is 17.2. The molecule has 0 aliphatic heterocycles. The third-order valence-electron chi connectivity index (χ3n) is 5.14. The van der Waals surface area contributed by atoms with Crippen LogP contribution in [0.4, 0.5) is 11.4 Å². The predicted molar refractivity (Wildman–Crippen MR) is 128 cm³/mol. The third kappa shape index (κ3) is 5.71. The number of amides is 1. The molecule has 0 radical (unpaired) electrons. The van der Waals surface area contributed by atoms with Crippen LogP contribution >= 0.6 is 0 Å². The molecule has 0 spiro atoms. The van der Waals surface area contributed by atoms with Crippen molar-refractivity contribution < 1.29 is 14.3 Å². The van der Waals surface area contributed by atoms with Gasteiger partial charge in [0.2, 0.25) is 0 Å². The van der Waals surface area contributed by atoms with Crippen molar-refractivity contribution in [1.82, 2.24) is 14.9 Å². The number of carbonyl (C=O) groups is 1. The van der Waals surface area contributed by atoms with Crippen molar-refractivity contribution in [1.29, 1.82) is 0 Å². The van der Waals surface area contributed by atoms with Crippen LogP contribution in [0.15, 0.2) is 91.3 Å². The van der Waals surface area contributed by atoms with E-state index in [9.17, 15) is 4.79 Å². The lowest BCUT2D eigenvalue weighted by Crippen LogP contribution is -2.34. The number of benzene rings is 3. The molecule has 1 unspecified atom stereocenters. The van der Waals surface area contributed by atoms with E-state index in [0.29, 0.717) is 17.3 Å². The Morgan fingerprint density at radius 1 is 0.970 bits per heavy atom. The smallest absolute Gasteiger partial charge is 0.258 e. The van der Waals surface area contributed by atoms with Crippen LogP contribution in [0, 0.1) is 0 Å². The first kappa shape index (κ1) is 22.0. The Balaban J connectivity index is 1.40. The first-order valence-electron chi connectivity index (χ1n) is 10.6. The number of aromatic nitrogens is 2. The number of hydrogen-bond donors (Lipinski definition) is 2. The van der Waals surface area contributed by atoms with Gasteiger partial charge < -0.3 is 24.7 Å². The topological polar surface area (TPSA) is 77.4 Å². The normalized spacial score (nSPS) is 11.5. The van der Waals surface area contributed by atoms with Gasteiger partial charge >= 0.3 is 0 Å². The zero-order chi connectivity index (χ0) is 23.0. The van der Waals surface area contributed by atoms with Gasteiger partial charge in [-0.25, -0.2) is 4.98 Å². The van der Waals surface area contributed by atoms with Crippen LogP contribution in [0.5, 0.6) is 11.5 Å². The molecule has 3 aromatic carbocycles. The molecule has 0 saturated heterocycles. The van der Waals surface area contributed by atoms with Gasteiger partial charge in [-0.2, -0.15) is 0 Å². The van der Waals surface area contributed by atoms with Gasteiger partial charge in [0.05, 0.1) is 7.11 Å². The van der Waals surface area contributed by atoms with Crippen molar-refractivity contribution in [2.45, 2.75) is 6.04 Å². The van der Waals surface area contributed by atoms with E-state index in [1.54, 1.807) is 13.3 Å². The molecule has 0 bridgehead atoms. The van der Waals surface area contributed by atoms with Crippen LogP contribution in [-0.2, 0) is 11.8 Å². The largest absolute Gasteiger partial charge is 0.497 e. The molecule has 1 amide bonds. The fourth-order valence-electron chi connectivity index (χ4n) is 3.45.